The number of imide groups is 1. The normalized spacial score (nSPS) is 14.8. The minimum absolute atomic E-state index is 0.0944. The topological polar surface area (TPSA) is 84.9 Å². The van der Waals surface area contributed by atoms with E-state index in [-0.39, 0.29) is 19.4 Å². The lowest BCUT2D eigenvalue weighted by Gasteiger charge is -2.39. The summed E-state index contributed by atoms with van der Waals surface area (Å²) in [6, 6.07) is 28.3. The van der Waals surface area contributed by atoms with Crippen molar-refractivity contribution in [2.24, 2.45) is 0 Å². The predicted octanol–water partition coefficient (Wildman–Crippen LogP) is 3.19. The summed E-state index contributed by atoms with van der Waals surface area (Å²) in [6.07, 6.45) is 0.189. The van der Waals surface area contributed by atoms with Crippen molar-refractivity contribution in [2.45, 2.75) is 24.4 Å². The first kappa shape index (κ1) is 23.4. The molecule has 1 atom stereocenters. The number of nitrogens with zero attached hydrogens (tertiary/aromatic N) is 1. The van der Waals surface area contributed by atoms with E-state index in [4.69, 9.17) is 9.57 Å². The predicted molar refractivity (Wildman–Crippen MR) is 125 cm³/mol. The van der Waals surface area contributed by atoms with Crippen molar-refractivity contribution in [1.82, 2.24) is 10.4 Å². The number of rotatable bonds is 9. The van der Waals surface area contributed by atoms with E-state index in [1.165, 1.54) is 7.11 Å². The third kappa shape index (κ3) is 4.62. The van der Waals surface area contributed by atoms with Crippen molar-refractivity contribution >= 4 is 17.8 Å². The maximum absolute atomic E-state index is 12.9. The Morgan fingerprint density at radius 3 is 1.62 bits per heavy atom. The van der Waals surface area contributed by atoms with Gasteiger partial charge >= 0.3 is 5.97 Å². The van der Waals surface area contributed by atoms with Gasteiger partial charge < -0.3 is 4.74 Å². The summed E-state index contributed by atoms with van der Waals surface area (Å²) in [4.78, 5) is 42.5. The monoisotopic (exact) mass is 458 g/mol. The molecule has 7 nitrogen and oxygen atoms in total. The maximum Gasteiger partial charge on any atom is 0.325 e. The fourth-order valence-corrected chi connectivity index (χ4v) is 4.24. The van der Waals surface area contributed by atoms with E-state index in [1.807, 2.05) is 91.0 Å². The molecule has 1 fully saturated rings. The van der Waals surface area contributed by atoms with Crippen LogP contribution < -0.4 is 5.32 Å². The molecule has 0 radical (unpaired) electrons. The molecule has 174 valence electrons. The zero-order valence-corrected chi connectivity index (χ0v) is 18.8. The minimum Gasteiger partial charge on any atom is -0.468 e. The molecular formula is C27H26N2O5. The van der Waals surface area contributed by atoms with Gasteiger partial charge in [0.1, 0.15) is 12.6 Å². The number of hydrogen-bond acceptors (Lipinski definition) is 6. The van der Waals surface area contributed by atoms with Crippen LogP contribution in [0.2, 0.25) is 0 Å². The molecule has 0 aromatic heterocycles. The summed E-state index contributed by atoms with van der Waals surface area (Å²) in [5.41, 5.74) is 1.74. The van der Waals surface area contributed by atoms with E-state index < -0.39 is 29.4 Å². The fourth-order valence-electron chi connectivity index (χ4n) is 4.24. The average Bonchev–Trinajstić information content (AvgIpc) is 3.22. The third-order valence-electron chi connectivity index (χ3n) is 5.87. The van der Waals surface area contributed by atoms with Gasteiger partial charge in [0.2, 0.25) is 0 Å². The van der Waals surface area contributed by atoms with Gasteiger partial charge in [-0.25, -0.2) is 0 Å². The maximum atomic E-state index is 12.9. The zero-order chi connectivity index (χ0) is 24.0. The van der Waals surface area contributed by atoms with Gasteiger partial charge in [0.15, 0.2) is 0 Å². The van der Waals surface area contributed by atoms with Crippen LogP contribution in [0.1, 0.15) is 29.5 Å². The highest BCUT2D eigenvalue weighted by atomic mass is 16.7. The van der Waals surface area contributed by atoms with Crippen molar-refractivity contribution in [2.75, 3.05) is 13.7 Å². The Morgan fingerprint density at radius 2 is 1.24 bits per heavy atom. The SMILES string of the molecule is COC(=O)[C@H](CON1C(=O)CCC1=O)NC(c1ccccc1)(c1ccccc1)c1ccccc1. The number of methoxy groups -OCH3 is 1. The van der Waals surface area contributed by atoms with Crippen molar-refractivity contribution in [3.05, 3.63) is 108 Å². The average molecular weight is 459 g/mol. The number of ether oxygens (including phenoxy) is 1. The molecule has 3 aromatic carbocycles. The molecule has 1 N–H and O–H groups in total. The van der Waals surface area contributed by atoms with Gasteiger partial charge in [0.05, 0.1) is 12.6 Å². The number of nitrogens with one attached hydrogen (secondary N) is 1. The lowest BCUT2D eigenvalue weighted by molar-refractivity contribution is -0.192. The van der Waals surface area contributed by atoms with E-state index in [2.05, 4.69) is 5.32 Å². The van der Waals surface area contributed by atoms with E-state index in [0.29, 0.717) is 0 Å². The summed E-state index contributed by atoms with van der Waals surface area (Å²) >= 11 is 0. The molecule has 2 amide bonds. The second-order valence-corrected chi connectivity index (χ2v) is 7.95. The molecule has 7 heteroatoms. The first-order chi connectivity index (χ1) is 16.6. The molecule has 0 spiro atoms. The number of amides is 2. The Hall–Kier alpha value is -3.81. The van der Waals surface area contributed by atoms with Crippen LogP contribution in [0.25, 0.3) is 0 Å². The number of carbonyl (C=O) groups excluding carboxylic acids is 3. The van der Waals surface area contributed by atoms with Gasteiger partial charge in [-0.05, 0) is 16.7 Å². The Labute approximate surface area is 198 Å². The van der Waals surface area contributed by atoms with E-state index in [0.717, 1.165) is 21.8 Å². The van der Waals surface area contributed by atoms with Crippen LogP contribution in [0.4, 0.5) is 0 Å². The second-order valence-electron chi connectivity index (χ2n) is 7.95. The van der Waals surface area contributed by atoms with Gasteiger partial charge in [-0.15, -0.1) is 0 Å². The summed E-state index contributed by atoms with van der Waals surface area (Å²) in [7, 11) is 1.29. The summed E-state index contributed by atoms with van der Waals surface area (Å²) in [5, 5.41) is 4.21. The number of hydrogen-bond donors (Lipinski definition) is 1. The highest BCUT2D eigenvalue weighted by Crippen LogP contribution is 2.37. The summed E-state index contributed by atoms with van der Waals surface area (Å²) in [6.45, 7) is -0.265. The molecule has 34 heavy (non-hydrogen) atoms. The van der Waals surface area contributed by atoms with E-state index in [1.54, 1.807) is 0 Å². The lowest BCUT2D eigenvalue weighted by atomic mass is 9.76. The van der Waals surface area contributed by atoms with Crippen LogP contribution in [-0.2, 0) is 29.5 Å². The summed E-state index contributed by atoms with van der Waals surface area (Å²) < 4.78 is 5.06. The fraction of sp³-hybridized carbons (Fsp3) is 0.222. The zero-order valence-electron chi connectivity index (χ0n) is 18.8. The van der Waals surface area contributed by atoms with Crippen molar-refractivity contribution in [3.8, 4) is 0 Å². The molecule has 1 aliphatic rings. The first-order valence-electron chi connectivity index (χ1n) is 11.1. The van der Waals surface area contributed by atoms with E-state index in [9.17, 15) is 14.4 Å². The molecule has 0 saturated carbocycles. The van der Waals surface area contributed by atoms with Crippen LogP contribution >= 0.6 is 0 Å². The largest absolute Gasteiger partial charge is 0.468 e. The van der Waals surface area contributed by atoms with Gasteiger partial charge in [-0.3, -0.25) is 24.5 Å². The number of hydroxylamine groups is 2. The molecule has 0 bridgehead atoms. The molecule has 1 aliphatic heterocycles. The van der Waals surface area contributed by atoms with Crippen LogP contribution in [-0.4, -0.2) is 42.6 Å². The standard InChI is InChI=1S/C27H26N2O5/c1-33-26(32)23(19-34-29-24(30)17-18-25(29)31)28-27(20-11-5-2-6-12-20,21-13-7-3-8-14-21)22-15-9-4-10-16-22/h2-16,23,28H,17-19H2,1H3/t23-/m0/s1. The molecule has 4 rings (SSSR count). The Kier molecular flexibility index (Phi) is 7.15. The van der Waals surface area contributed by atoms with Crippen LogP contribution in [0.15, 0.2) is 91.0 Å². The molecule has 3 aromatic rings. The lowest BCUT2D eigenvalue weighted by Crippen LogP contribution is -2.55. The van der Waals surface area contributed by atoms with Crippen LogP contribution in [0.5, 0.6) is 0 Å². The van der Waals surface area contributed by atoms with Gasteiger partial charge in [-0.2, -0.15) is 5.06 Å². The molecule has 0 unspecified atom stereocenters. The second kappa shape index (κ2) is 10.4. The highest BCUT2D eigenvalue weighted by molar-refractivity contribution is 6.00. The third-order valence-corrected chi connectivity index (χ3v) is 5.87. The Bertz CT molecular complexity index is 1020. The van der Waals surface area contributed by atoms with Crippen molar-refractivity contribution in [3.63, 3.8) is 0 Å². The van der Waals surface area contributed by atoms with Crippen molar-refractivity contribution in [1.29, 1.82) is 0 Å². The Morgan fingerprint density at radius 1 is 0.824 bits per heavy atom. The van der Waals surface area contributed by atoms with Gasteiger partial charge in [0, 0.05) is 12.8 Å². The number of benzene rings is 3. The number of carbonyl (C=O) groups is 3. The summed E-state index contributed by atoms with van der Waals surface area (Å²) in [5.74, 6) is -1.42. The molecule has 0 aliphatic carbocycles. The highest BCUT2D eigenvalue weighted by Gasteiger charge is 2.41. The number of esters is 1. The van der Waals surface area contributed by atoms with Crippen molar-refractivity contribution < 1.29 is 24.0 Å². The first-order valence-corrected chi connectivity index (χ1v) is 11.1. The Balaban J connectivity index is 1.80. The molecule has 1 saturated heterocycles. The molecular weight excluding hydrogens is 432 g/mol. The quantitative estimate of drug-likeness (QED) is 0.301. The molecule has 1 heterocycles. The van der Waals surface area contributed by atoms with Gasteiger partial charge in [0.25, 0.3) is 11.8 Å². The van der Waals surface area contributed by atoms with E-state index >= 15 is 0 Å². The van der Waals surface area contributed by atoms with Crippen LogP contribution in [0.3, 0.4) is 0 Å². The minimum atomic E-state index is -0.994. The van der Waals surface area contributed by atoms with Crippen LogP contribution in [0, 0.1) is 0 Å². The van der Waals surface area contributed by atoms with Gasteiger partial charge in [-0.1, -0.05) is 91.0 Å². The smallest absolute Gasteiger partial charge is 0.325 e.